The quantitative estimate of drug-likeness (QED) is 0.775. The zero-order valence-corrected chi connectivity index (χ0v) is 15.2. The van der Waals surface area contributed by atoms with Gasteiger partial charge in [-0.2, -0.15) is 0 Å². The van der Waals surface area contributed by atoms with E-state index >= 15 is 0 Å². The molecule has 1 aromatic rings. The van der Waals surface area contributed by atoms with E-state index in [-0.39, 0.29) is 0 Å². The monoisotopic (exact) mass is 352 g/mol. The molecule has 2 heterocycles. The Morgan fingerprint density at radius 1 is 1.48 bits per heavy atom. The molecular formula is C16H20N2O3S2. The summed E-state index contributed by atoms with van der Waals surface area (Å²) in [4.78, 5) is 18.5. The Hall–Kier alpha value is -1.18. The number of anilines is 1. The zero-order valence-electron chi connectivity index (χ0n) is 13.6. The number of carbonyl (C=O) groups excluding carboxylic acids is 1. The maximum atomic E-state index is 12.6. The highest BCUT2D eigenvalue weighted by Gasteiger charge is 2.56. The summed E-state index contributed by atoms with van der Waals surface area (Å²) >= 11 is 3.08. The summed E-state index contributed by atoms with van der Waals surface area (Å²) in [5, 5.41) is 11.0. The van der Waals surface area contributed by atoms with Gasteiger partial charge in [0.1, 0.15) is 14.7 Å². The lowest BCUT2D eigenvalue weighted by Gasteiger charge is -2.31. The predicted octanol–water partition coefficient (Wildman–Crippen LogP) is 3.42. The molecule has 1 N–H and O–H groups in total. The van der Waals surface area contributed by atoms with Crippen LogP contribution in [0.15, 0.2) is 29.3 Å². The van der Waals surface area contributed by atoms with Crippen LogP contribution in [0.5, 0.6) is 0 Å². The van der Waals surface area contributed by atoms with Crippen molar-refractivity contribution in [2.24, 2.45) is 4.99 Å². The van der Waals surface area contributed by atoms with E-state index in [1.165, 1.54) is 16.7 Å². The summed E-state index contributed by atoms with van der Waals surface area (Å²) in [5.41, 5.74) is 1.00. The molecule has 1 aromatic carbocycles. The van der Waals surface area contributed by atoms with E-state index in [4.69, 9.17) is 4.74 Å². The lowest BCUT2D eigenvalue weighted by molar-refractivity contribution is 0.0453. The molecule has 23 heavy (non-hydrogen) atoms. The number of hydrogen-bond acceptors (Lipinski definition) is 6. The van der Waals surface area contributed by atoms with Crippen molar-refractivity contribution in [2.45, 2.75) is 37.3 Å². The average Bonchev–Trinajstić information content (AvgIpc) is 3.00. The summed E-state index contributed by atoms with van der Waals surface area (Å²) in [6.45, 7) is 5.89. The van der Waals surface area contributed by atoms with E-state index in [2.05, 4.69) is 4.99 Å². The van der Waals surface area contributed by atoms with Crippen LogP contribution in [0.1, 0.15) is 26.3 Å². The van der Waals surface area contributed by atoms with Crippen LogP contribution >= 0.6 is 23.5 Å². The smallest absolute Gasteiger partial charge is 0.417 e. The molecular weight excluding hydrogens is 332 g/mol. The highest BCUT2D eigenvalue weighted by molar-refractivity contribution is 8.39. The SMILES string of the molecule is CSC1=NC[C@@]2(S1)c1ccccc1N(C(=O)OC(C)(C)C)[C@@H]2O. The van der Waals surface area contributed by atoms with E-state index in [1.54, 1.807) is 11.8 Å². The van der Waals surface area contributed by atoms with E-state index < -0.39 is 22.7 Å². The molecule has 1 spiro atoms. The summed E-state index contributed by atoms with van der Waals surface area (Å²) < 4.78 is 5.75. The third kappa shape index (κ3) is 2.75. The highest BCUT2D eigenvalue weighted by Crippen LogP contribution is 2.55. The van der Waals surface area contributed by atoms with E-state index in [0.717, 1.165) is 9.94 Å². The average molecular weight is 352 g/mol. The Kier molecular flexibility index (Phi) is 4.14. The number of amides is 1. The summed E-state index contributed by atoms with van der Waals surface area (Å²) in [6, 6.07) is 7.57. The molecule has 0 unspecified atom stereocenters. The number of rotatable bonds is 0. The van der Waals surface area contributed by atoms with Crippen LogP contribution < -0.4 is 4.90 Å². The Morgan fingerprint density at radius 3 is 2.78 bits per heavy atom. The minimum atomic E-state index is -1.01. The minimum Gasteiger partial charge on any atom is -0.443 e. The van der Waals surface area contributed by atoms with Gasteiger partial charge < -0.3 is 9.84 Å². The van der Waals surface area contributed by atoms with E-state index in [1.807, 2.05) is 51.3 Å². The molecule has 0 aromatic heterocycles. The fourth-order valence-electron chi connectivity index (χ4n) is 2.81. The highest BCUT2D eigenvalue weighted by atomic mass is 32.2. The first-order valence-electron chi connectivity index (χ1n) is 7.36. The number of aliphatic hydroxyl groups excluding tert-OH is 1. The first kappa shape index (κ1) is 16.7. The van der Waals surface area contributed by atoms with Crippen LogP contribution in [0.2, 0.25) is 0 Å². The van der Waals surface area contributed by atoms with Gasteiger partial charge in [-0.3, -0.25) is 4.99 Å². The van der Waals surface area contributed by atoms with Gasteiger partial charge in [0, 0.05) is 0 Å². The van der Waals surface area contributed by atoms with Crippen LogP contribution in [0.4, 0.5) is 10.5 Å². The molecule has 2 aliphatic heterocycles. The molecule has 0 bridgehead atoms. The normalized spacial score (nSPS) is 26.4. The molecule has 2 atom stereocenters. The van der Waals surface area contributed by atoms with Gasteiger partial charge in [0.15, 0.2) is 6.23 Å². The summed E-state index contributed by atoms with van der Waals surface area (Å²) in [5.74, 6) is 0. The Morgan fingerprint density at radius 2 is 2.17 bits per heavy atom. The van der Waals surface area contributed by atoms with Crippen LogP contribution in [0.3, 0.4) is 0 Å². The third-order valence-electron chi connectivity index (χ3n) is 3.76. The molecule has 0 saturated heterocycles. The van der Waals surface area contributed by atoms with Crippen LogP contribution in [0.25, 0.3) is 0 Å². The lowest BCUT2D eigenvalue weighted by atomic mass is 9.99. The number of fused-ring (bicyclic) bond motifs is 2. The molecule has 0 aliphatic carbocycles. The number of thioether (sulfide) groups is 2. The van der Waals surface area contributed by atoms with Crippen LogP contribution in [-0.4, -0.2) is 40.2 Å². The Balaban J connectivity index is 2.00. The largest absolute Gasteiger partial charge is 0.443 e. The van der Waals surface area contributed by atoms with Gasteiger partial charge in [-0.05, 0) is 38.7 Å². The number of benzene rings is 1. The Labute approximate surface area is 144 Å². The minimum absolute atomic E-state index is 0.450. The summed E-state index contributed by atoms with van der Waals surface area (Å²) in [6.07, 6.45) is 0.421. The maximum absolute atomic E-state index is 12.6. The van der Waals surface area contributed by atoms with Crippen molar-refractivity contribution in [2.75, 3.05) is 17.7 Å². The maximum Gasteiger partial charge on any atom is 0.417 e. The van der Waals surface area contributed by atoms with Crippen molar-refractivity contribution in [1.29, 1.82) is 0 Å². The topological polar surface area (TPSA) is 62.1 Å². The van der Waals surface area contributed by atoms with Gasteiger partial charge in [-0.15, -0.1) is 11.8 Å². The second-order valence-corrected chi connectivity index (χ2v) is 8.89. The van der Waals surface area contributed by atoms with E-state index in [0.29, 0.717) is 12.2 Å². The molecule has 2 aliphatic rings. The van der Waals surface area contributed by atoms with Crippen LogP contribution in [-0.2, 0) is 9.48 Å². The first-order chi connectivity index (χ1) is 10.8. The first-order valence-corrected chi connectivity index (χ1v) is 9.40. The van der Waals surface area contributed by atoms with Crippen molar-refractivity contribution in [3.63, 3.8) is 0 Å². The molecule has 3 rings (SSSR count). The van der Waals surface area contributed by atoms with Gasteiger partial charge in [0.2, 0.25) is 0 Å². The van der Waals surface area contributed by atoms with Crippen molar-refractivity contribution in [3.8, 4) is 0 Å². The standard InChI is InChI=1S/C16H20N2O3S2/c1-15(2,3)21-14(20)18-11-8-6-5-7-10(11)16(12(18)19)9-17-13(22-4)23-16/h5-8,12,19H,9H2,1-4H3/t12-,16-/m1/s1. The Bertz CT molecular complexity index is 672. The number of para-hydroxylation sites is 1. The lowest BCUT2D eigenvalue weighted by Crippen LogP contribution is -2.48. The number of ether oxygens (including phenoxy) is 1. The van der Waals surface area contributed by atoms with Crippen molar-refractivity contribution < 1.29 is 14.6 Å². The molecule has 7 heteroatoms. The molecule has 0 radical (unpaired) electrons. The number of carbonyl (C=O) groups is 1. The molecule has 1 amide bonds. The van der Waals surface area contributed by atoms with E-state index in [9.17, 15) is 9.90 Å². The summed E-state index contributed by atoms with van der Waals surface area (Å²) in [7, 11) is 0. The predicted molar refractivity (Wildman–Crippen MR) is 96.2 cm³/mol. The van der Waals surface area contributed by atoms with Crippen molar-refractivity contribution >= 4 is 39.7 Å². The molecule has 124 valence electrons. The zero-order chi connectivity index (χ0) is 16.8. The van der Waals surface area contributed by atoms with Crippen molar-refractivity contribution in [1.82, 2.24) is 0 Å². The molecule has 0 saturated carbocycles. The fourth-order valence-corrected chi connectivity index (χ4v) is 4.85. The van der Waals surface area contributed by atoms with Gasteiger partial charge in [0.05, 0.1) is 12.2 Å². The van der Waals surface area contributed by atoms with Gasteiger partial charge >= 0.3 is 6.09 Å². The number of nitrogens with zero attached hydrogens (tertiary/aromatic N) is 2. The van der Waals surface area contributed by atoms with Crippen LogP contribution in [0, 0.1) is 0 Å². The van der Waals surface area contributed by atoms with Gasteiger partial charge in [-0.25, -0.2) is 9.69 Å². The molecule has 5 nitrogen and oxygen atoms in total. The molecule has 0 fully saturated rings. The number of aliphatic imine (C=N–C) groups is 1. The van der Waals surface area contributed by atoms with Gasteiger partial charge in [0.25, 0.3) is 0 Å². The second kappa shape index (κ2) is 5.72. The third-order valence-corrected chi connectivity index (χ3v) is 6.21. The number of aliphatic hydroxyl groups is 1. The fraction of sp³-hybridized carbons (Fsp3) is 0.500. The van der Waals surface area contributed by atoms with Crippen molar-refractivity contribution in [3.05, 3.63) is 29.8 Å². The number of hydrogen-bond donors (Lipinski definition) is 1. The second-order valence-electron chi connectivity index (χ2n) is 6.52. The van der Waals surface area contributed by atoms with Gasteiger partial charge in [-0.1, -0.05) is 30.0 Å².